The van der Waals surface area contributed by atoms with E-state index >= 15 is 0 Å². The number of oxime groups is 1. The van der Waals surface area contributed by atoms with Gasteiger partial charge in [-0.05, 0) is 17.7 Å². The molecule has 2 amide bonds. The minimum absolute atomic E-state index is 0.129. The smallest absolute Gasteiger partial charge is 0.352 e. The number of carboxylic acids is 1. The summed E-state index contributed by atoms with van der Waals surface area (Å²) in [5.74, 6) is -1.37. The Balaban J connectivity index is 1.28. The predicted molar refractivity (Wildman–Crippen MR) is 132 cm³/mol. The lowest BCUT2D eigenvalue weighted by Crippen LogP contribution is -2.71. The maximum atomic E-state index is 13.0. The summed E-state index contributed by atoms with van der Waals surface area (Å²) in [7, 11) is 1.27. The number of fused-ring (bicyclic) bond motifs is 1. The highest BCUT2D eigenvalue weighted by atomic mass is 32.2. The molecule has 0 radical (unpaired) electrons. The number of hydrogen-bond acceptors (Lipinski definition) is 14. The molecule has 0 aliphatic carbocycles. The molecule has 1 fully saturated rings. The zero-order chi connectivity index (χ0) is 26.1. The second kappa shape index (κ2) is 10.3. The average molecular weight is 564 g/mol. The van der Waals surface area contributed by atoms with Crippen LogP contribution in [0, 0.1) is 0 Å². The molecule has 0 spiro atoms. The van der Waals surface area contributed by atoms with Crippen molar-refractivity contribution in [3.05, 3.63) is 40.7 Å². The zero-order valence-corrected chi connectivity index (χ0v) is 21.3. The van der Waals surface area contributed by atoms with E-state index in [1.54, 1.807) is 12.1 Å². The third-order valence-corrected chi connectivity index (χ3v) is 8.13. The number of carbonyl (C=O) groups excluding carboxylic acids is 2. The van der Waals surface area contributed by atoms with Gasteiger partial charge in [-0.25, -0.2) is 9.78 Å². The van der Waals surface area contributed by atoms with Gasteiger partial charge in [0.2, 0.25) is 0 Å². The summed E-state index contributed by atoms with van der Waals surface area (Å²) in [6.07, 6.45) is 1.48. The molecule has 0 aromatic carbocycles. The molecule has 14 nitrogen and oxygen atoms in total. The van der Waals surface area contributed by atoms with E-state index in [1.807, 2.05) is 0 Å². The Labute approximate surface area is 220 Å². The van der Waals surface area contributed by atoms with E-state index in [-0.39, 0.29) is 39.1 Å². The van der Waals surface area contributed by atoms with Gasteiger partial charge in [-0.3, -0.25) is 14.5 Å². The van der Waals surface area contributed by atoms with Crippen LogP contribution in [0.5, 0.6) is 0 Å². The molecule has 192 valence electrons. The first kappa shape index (κ1) is 24.8. The monoisotopic (exact) mass is 563 g/mol. The number of rotatable bonds is 9. The van der Waals surface area contributed by atoms with Crippen LogP contribution in [0.4, 0.5) is 5.13 Å². The number of nitrogen functional groups attached to an aromatic ring is 1. The SMILES string of the molecule is CON=C(C(=O)N[C@@H]1C(=O)N2C(C(=O)O)=C(CSc3nnc(-c4ccco4)o3)CS[C@@H]12)c1csc(N)n1. The molecule has 2 aliphatic rings. The third-order valence-electron chi connectivity index (χ3n) is 5.21. The van der Waals surface area contributed by atoms with Gasteiger partial charge in [0.1, 0.15) is 29.9 Å². The molecule has 4 N–H and O–H groups in total. The van der Waals surface area contributed by atoms with Gasteiger partial charge in [0.15, 0.2) is 16.6 Å². The minimum Gasteiger partial charge on any atom is -0.477 e. The second-order valence-electron chi connectivity index (χ2n) is 7.45. The third kappa shape index (κ3) is 4.79. The number of aromatic nitrogens is 3. The van der Waals surface area contributed by atoms with Crippen LogP contribution in [0.3, 0.4) is 0 Å². The number of thiazole rings is 1. The topological polar surface area (TPSA) is 199 Å². The minimum atomic E-state index is -1.25. The van der Waals surface area contributed by atoms with E-state index < -0.39 is 29.2 Å². The lowest BCUT2D eigenvalue weighted by atomic mass is 10.0. The Bertz CT molecular complexity index is 1410. The van der Waals surface area contributed by atoms with E-state index in [2.05, 4.69) is 25.7 Å². The maximum absolute atomic E-state index is 13.0. The van der Waals surface area contributed by atoms with Gasteiger partial charge < -0.3 is 29.8 Å². The van der Waals surface area contributed by atoms with Crippen molar-refractivity contribution in [3.63, 3.8) is 0 Å². The number of β-lactam (4-membered cyclic amide) rings is 1. The fourth-order valence-corrected chi connectivity index (χ4v) is 6.41. The highest BCUT2D eigenvalue weighted by Crippen LogP contribution is 2.41. The van der Waals surface area contributed by atoms with Gasteiger partial charge in [-0.15, -0.1) is 33.3 Å². The average Bonchev–Trinajstić information content (AvgIpc) is 3.65. The highest BCUT2D eigenvalue weighted by Gasteiger charge is 2.54. The van der Waals surface area contributed by atoms with Gasteiger partial charge >= 0.3 is 5.97 Å². The molecule has 0 unspecified atom stereocenters. The normalized spacial score (nSPS) is 19.4. The van der Waals surface area contributed by atoms with Crippen LogP contribution in [-0.4, -0.2) is 78.7 Å². The molecule has 37 heavy (non-hydrogen) atoms. The quantitative estimate of drug-likeness (QED) is 0.146. The summed E-state index contributed by atoms with van der Waals surface area (Å²) in [6, 6.07) is 2.41. The number of nitrogens with one attached hydrogen (secondary N) is 1. The van der Waals surface area contributed by atoms with Crippen molar-refractivity contribution in [2.45, 2.75) is 16.6 Å². The van der Waals surface area contributed by atoms with E-state index in [1.165, 1.54) is 35.4 Å². The zero-order valence-electron chi connectivity index (χ0n) is 18.8. The van der Waals surface area contributed by atoms with Gasteiger partial charge in [0.05, 0.1) is 6.26 Å². The first-order valence-corrected chi connectivity index (χ1v) is 13.3. The number of anilines is 1. The van der Waals surface area contributed by atoms with Crippen molar-refractivity contribution >= 4 is 63.5 Å². The molecular formula is C20H17N7O7S3. The van der Waals surface area contributed by atoms with E-state index in [0.717, 1.165) is 23.1 Å². The summed E-state index contributed by atoms with van der Waals surface area (Å²) in [5.41, 5.74) is 6.06. The van der Waals surface area contributed by atoms with Crippen molar-refractivity contribution < 1.29 is 33.2 Å². The number of hydrogen-bond donors (Lipinski definition) is 3. The fourth-order valence-electron chi connectivity index (χ4n) is 3.61. The molecule has 2 aliphatic heterocycles. The first-order chi connectivity index (χ1) is 17.9. The van der Waals surface area contributed by atoms with Gasteiger partial charge in [0, 0.05) is 16.9 Å². The number of amides is 2. The molecule has 0 saturated carbocycles. The molecule has 2 atom stereocenters. The summed E-state index contributed by atoms with van der Waals surface area (Å²) in [4.78, 5) is 47.9. The largest absolute Gasteiger partial charge is 0.477 e. The number of aliphatic carboxylic acids is 1. The Hall–Kier alpha value is -3.83. The Kier molecular flexibility index (Phi) is 6.90. The number of furan rings is 1. The van der Waals surface area contributed by atoms with Crippen LogP contribution in [0.1, 0.15) is 5.69 Å². The Morgan fingerprint density at radius 1 is 1.43 bits per heavy atom. The van der Waals surface area contributed by atoms with Crippen LogP contribution >= 0.6 is 34.9 Å². The van der Waals surface area contributed by atoms with Crippen LogP contribution in [0.15, 0.2) is 54.3 Å². The molecule has 3 aromatic rings. The number of carbonyl (C=O) groups is 3. The van der Waals surface area contributed by atoms with Crippen molar-refractivity contribution in [2.75, 3.05) is 24.3 Å². The molecule has 3 aromatic heterocycles. The summed E-state index contributed by atoms with van der Waals surface area (Å²) in [6.45, 7) is 0. The van der Waals surface area contributed by atoms with Gasteiger partial charge in [-0.2, -0.15) is 0 Å². The molecule has 17 heteroatoms. The summed E-state index contributed by atoms with van der Waals surface area (Å²) in [5, 5.41) is 25.4. The van der Waals surface area contributed by atoms with Crippen LogP contribution in [0.25, 0.3) is 11.7 Å². The van der Waals surface area contributed by atoms with Crippen LogP contribution < -0.4 is 11.1 Å². The summed E-state index contributed by atoms with van der Waals surface area (Å²) >= 11 is 3.59. The van der Waals surface area contributed by atoms with Gasteiger partial charge in [-0.1, -0.05) is 16.9 Å². The van der Waals surface area contributed by atoms with Crippen molar-refractivity contribution in [1.29, 1.82) is 0 Å². The number of nitrogens with two attached hydrogens (primary N) is 1. The van der Waals surface area contributed by atoms with Crippen LogP contribution in [0.2, 0.25) is 0 Å². The number of thioether (sulfide) groups is 2. The molecular weight excluding hydrogens is 546 g/mol. The maximum Gasteiger partial charge on any atom is 0.352 e. The second-order valence-corrected chi connectivity index (χ2v) is 10.4. The lowest BCUT2D eigenvalue weighted by Gasteiger charge is -2.49. The van der Waals surface area contributed by atoms with E-state index in [4.69, 9.17) is 19.4 Å². The lowest BCUT2D eigenvalue weighted by molar-refractivity contribution is -0.150. The van der Waals surface area contributed by atoms with Crippen molar-refractivity contribution in [1.82, 2.24) is 25.4 Å². The Morgan fingerprint density at radius 3 is 2.95 bits per heavy atom. The Morgan fingerprint density at radius 2 is 2.27 bits per heavy atom. The highest BCUT2D eigenvalue weighted by molar-refractivity contribution is 8.01. The molecule has 5 heterocycles. The number of carboxylic acid groups (broad SMARTS) is 1. The molecule has 0 bridgehead atoms. The molecule has 5 rings (SSSR count). The standard InChI is InChI=1S/C20H17N7O7S3/c1-32-26-11(9-7-36-19(21)22-9)14(28)23-12-16(29)27-13(18(30)31)8(5-35-17(12)27)6-37-20-25-24-15(34-20)10-3-2-4-33-10/h2-4,7,12,17H,5-6H2,1H3,(H2,21,22)(H,23,28)(H,30,31)/t12-,17+/m1/s1. The summed E-state index contributed by atoms with van der Waals surface area (Å²) < 4.78 is 10.8. The van der Waals surface area contributed by atoms with Crippen molar-refractivity contribution in [3.8, 4) is 11.7 Å². The number of nitrogens with zero attached hydrogens (tertiary/aromatic N) is 5. The predicted octanol–water partition coefficient (Wildman–Crippen LogP) is 1.25. The first-order valence-electron chi connectivity index (χ1n) is 10.4. The van der Waals surface area contributed by atoms with Gasteiger partial charge in [0.25, 0.3) is 22.9 Å². The van der Waals surface area contributed by atoms with Crippen molar-refractivity contribution in [2.24, 2.45) is 5.16 Å². The molecule has 1 saturated heterocycles. The van der Waals surface area contributed by atoms with Crippen LogP contribution in [-0.2, 0) is 19.2 Å². The van der Waals surface area contributed by atoms with E-state index in [9.17, 15) is 19.5 Å². The van der Waals surface area contributed by atoms with E-state index in [0.29, 0.717) is 17.1 Å². The fraction of sp³-hybridized carbons (Fsp3) is 0.250.